The molecule has 0 bridgehead atoms. The molecule has 18 heavy (non-hydrogen) atoms. The molecule has 5 heteroatoms. The fourth-order valence-corrected chi connectivity index (χ4v) is 2.18. The van der Waals surface area contributed by atoms with Crippen molar-refractivity contribution >= 4 is 43.8 Å². The van der Waals surface area contributed by atoms with Gasteiger partial charge in [-0.1, -0.05) is 34.1 Å². The second-order valence-electron chi connectivity index (χ2n) is 3.86. The summed E-state index contributed by atoms with van der Waals surface area (Å²) in [7, 11) is 0. The van der Waals surface area contributed by atoms with Crippen LogP contribution < -0.4 is 11.7 Å². The summed E-state index contributed by atoms with van der Waals surface area (Å²) in [6, 6.07) is 9.88. The van der Waals surface area contributed by atoms with E-state index >= 15 is 0 Å². The van der Waals surface area contributed by atoms with Crippen LogP contribution in [0.15, 0.2) is 35.1 Å². The van der Waals surface area contributed by atoms with Gasteiger partial charge in [0.05, 0.1) is 0 Å². The number of H-pyrrole nitrogens is 1. The molecule has 0 amide bonds. The number of pyridine rings is 1. The van der Waals surface area contributed by atoms with E-state index in [-0.39, 0.29) is 28.7 Å². The number of unbranched alkanes of at least 4 members (excludes halogenated alkanes) is 1. The van der Waals surface area contributed by atoms with Crippen molar-refractivity contribution in [1.82, 2.24) is 11.1 Å². The molecule has 1 aromatic heterocycles. The zero-order valence-corrected chi connectivity index (χ0v) is 13.4. The second-order valence-corrected chi connectivity index (χ2v) is 4.65. The van der Waals surface area contributed by atoms with Crippen molar-refractivity contribution in [2.45, 2.75) is 19.3 Å². The molecule has 4 N–H and O–H groups in total. The summed E-state index contributed by atoms with van der Waals surface area (Å²) in [5.74, 6) is 0. The van der Waals surface area contributed by atoms with Crippen LogP contribution in [0.1, 0.15) is 18.4 Å². The van der Waals surface area contributed by atoms with Gasteiger partial charge in [0.15, 0.2) is 0 Å². The van der Waals surface area contributed by atoms with Gasteiger partial charge in [0.1, 0.15) is 0 Å². The van der Waals surface area contributed by atoms with Crippen molar-refractivity contribution in [2.24, 2.45) is 0 Å². The van der Waals surface area contributed by atoms with Gasteiger partial charge in [-0.25, -0.2) is 0 Å². The third kappa shape index (κ3) is 4.23. The molecule has 0 saturated carbocycles. The number of para-hydroxylation sites is 1. The van der Waals surface area contributed by atoms with Crippen LogP contribution in [0.5, 0.6) is 0 Å². The summed E-state index contributed by atoms with van der Waals surface area (Å²) in [4.78, 5) is 14.7. The summed E-state index contributed by atoms with van der Waals surface area (Å²) in [6.07, 6.45) is 3.00. The fraction of sp³-hybridized carbons (Fsp3) is 0.308. The maximum absolute atomic E-state index is 11.8. The van der Waals surface area contributed by atoms with Crippen molar-refractivity contribution in [1.29, 1.82) is 0 Å². The molecular weight excluding hydrogens is 360 g/mol. The summed E-state index contributed by atoms with van der Waals surface area (Å²) in [6.45, 7) is 0. The summed E-state index contributed by atoms with van der Waals surface area (Å²) in [5.41, 5.74) is 1.85. The maximum atomic E-state index is 11.8. The molecule has 0 fully saturated rings. The van der Waals surface area contributed by atoms with E-state index in [4.69, 9.17) is 0 Å². The highest BCUT2D eigenvalue weighted by Gasteiger charge is 2.01. The molecule has 3 nitrogen and oxygen atoms in total. The van der Waals surface area contributed by atoms with E-state index in [9.17, 15) is 4.79 Å². The van der Waals surface area contributed by atoms with Gasteiger partial charge in [-0.15, -0.1) is 17.0 Å². The van der Waals surface area contributed by atoms with Gasteiger partial charge < -0.3 is 11.1 Å². The molecule has 2 aromatic rings. The number of benzene rings is 1. The zero-order valence-electron chi connectivity index (χ0n) is 10.1. The molecule has 2 rings (SSSR count). The van der Waals surface area contributed by atoms with E-state index in [2.05, 4.69) is 20.9 Å². The topological polar surface area (TPSA) is 67.9 Å². The standard InChI is InChI=1S/C13H14BrNO.BrH.H3N/c14-8-4-3-6-11-9-10-5-1-2-7-12(10)15-13(11)16;;/h1-2,5,7,9H,3-4,6,8H2,(H,15,16);1H;1H3. The van der Waals surface area contributed by atoms with Crippen molar-refractivity contribution in [3.05, 3.63) is 46.2 Å². The van der Waals surface area contributed by atoms with Gasteiger partial charge in [0.2, 0.25) is 0 Å². The van der Waals surface area contributed by atoms with Gasteiger partial charge >= 0.3 is 0 Å². The Labute approximate surface area is 125 Å². The highest BCUT2D eigenvalue weighted by atomic mass is 79.9. The monoisotopic (exact) mass is 376 g/mol. The average Bonchev–Trinajstić information content (AvgIpc) is 2.30. The highest BCUT2D eigenvalue weighted by molar-refractivity contribution is 9.09. The number of nitrogens with one attached hydrogen (secondary N) is 1. The molecule has 0 atom stereocenters. The Balaban J connectivity index is 0.00000144. The van der Waals surface area contributed by atoms with Gasteiger partial charge in [-0.2, -0.15) is 0 Å². The van der Waals surface area contributed by atoms with Crippen LogP contribution in [0.3, 0.4) is 0 Å². The Hall–Kier alpha value is -0.650. The number of hydrogen-bond acceptors (Lipinski definition) is 2. The van der Waals surface area contributed by atoms with Gasteiger partial charge in [-0.05, 0) is 36.8 Å². The van der Waals surface area contributed by atoms with E-state index in [1.54, 1.807) is 0 Å². The summed E-state index contributed by atoms with van der Waals surface area (Å²) < 4.78 is 0. The van der Waals surface area contributed by atoms with Crippen LogP contribution >= 0.6 is 32.9 Å². The molecule has 1 heterocycles. The Morgan fingerprint density at radius 2 is 1.89 bits per heavy atom. The predicted molar refractivity (Wildman–Crippen MR) is 86.6 cm³/mol. The lowest BCUT2D eigenvalue weighted by atomic mass is 10.1. The molecule has 0 aliphatic heterocycles. The number of fused-ring (bicyclic) bond motifs is 1. The lowest BCUT2D eigenvalue weighted by Crippen LogP contribution is -2.12. The molecule has 1 aromatic carbocycles. The lowest BCUT2D eigenvalue weighted by molar-refractivity contribution is 0.798. The van der Waals surface area contributed by atoms with Crippen LogP contribution in [-0.4, -0.2) is 10.3 Å². The number of hydrogen-bond donors (Lipinski definition) is 2. The number of halogens is 2. The number of rotatable bonds is 4. The molecule has 0 saturated heterocycles. The first-order valence-electron chi connectivity index (χ1n) is 5.48. The summed E-state index contributed by atoms with van der Waals surface area (Å²) >= 11 is 3.40. The second kappa shape index (κ2) is 8.45. The Morgan fingerprint density at radius 3 is 2.61 bits per heavy atom. The Morgan fingerprint density at radius 1 is 1.17 bits per heavy atom. The van der Waals surface area contributed by atoms with Crippen molar-refractivity contribution in [3.63, 3.8) is 0 Å². The van der Waals surface area contributed by atoms with Crippen molar-refractivity contribution < 1.29 is 0 Å². The molecule has 100 valence electrons. The number of aryl methyl sites for hydroxylation is 1. The van der Waals surface area contributed by atoms with Crippen LogP contribution in [0.4, 0.5) is 0 Å². The minimum Gasteiger partial charge on any atom is -0.344 e. The minimum absolute atomic E-state index is 0. The highest BCUT2D eigenvalue weighted by Crippen LogP contribution is 2.11. The van der Waals surface area contributed by atoms with E-state index in [0.29, 0.717) is 0 Å². The van der Waals surface area contributed by atoms with E-state index in [1.807, 2.05) is 30.3 Å². The molecule has 0 aliphatic carbocycles. The fourth-order valence-electron chi connectivity index (χ4n) is 1.79. The maximum Gasteiger partial charge on any atom is 0.251 e. The molecule has 0 radical (unpaired) electrons. The molecule has 0 aliphatic rings. The van der Waals surface area contributed by atoms with Crippen LogP contribution in [0, 0.1) is 0 Å². The van der Waals surface area contributed by atoms with Crippen LogP contribution in [-0.2, 0) is 6.42 Å². The third-order valence-corrected chi connectivity index (χ3v) is 3.22. The summed E-state index contributed by atoms with van der Waals surface area (Å²) in [5, 5.41) is 2.11. The van der Waals surface area contributed by atoms with Gasteiger partial charge in [0.25, 0.3) is 5.56 Å². The predicted octanol–water partition coefficient (Wildman–Crippen LogP) is 3.99. The van der Waals surface area contributed by atoms with Crippen LogP contribution in [0.2, 0.25) is 0 Å². The molecule has 0 unspecified atom stereocenters. The van der Waals surface area contributed by atoms with Gasteiger partial charge in [0, 0.05) is 16.4 Å². The lowest BCUT2D eigenvalue weighted by Gasteiger charge is -2.02. The first kappa shape index (κ1) is 17.4. The van der Waals surface area contributed by atoms with Crippen molar-refractivity contribution in [2.75, 3.05) is 5.33 Å². The Bertz CT molecular complexity index is 540. The van der Waals surface area contributed by atoms with Gasteiger partial charge in [-0.3, -0.25) is 4.79 Å². The van der Waals surface area contributed by atoms with E-state index < -0.39 is 0 Å². The minimum atomic E-state index is 0. The Kier molecular flexibility index (Phi) is 8.15. The quantitative estimate of drug-likeness (QED) is 0.624. The third-order valence-electron chi connectivity index (χ3n) is 2.66. The number of aromatic amines is 1. The van der Waals surface area contributed by atoms with Crippen molar-refractivity contribution in [3.8, 4) is 0 Å². The number of alkyl halides is 1. The number of aromatic nitrogens is 1. The largest absolute Gasteiger partial charge is 0.344 e. The van der Waals surface area contributed by atoms with Crippen LogP contribution in [0.25, 0.3) is 10.9 Å². The first-order chi connectivity index (χ1) is 7.81. The first-order valence-corrected chi connectivity index (χ1v) is 6.60. The molecule has 0 spiro atoms. The molecular formula is C13H18Br2N2O. The SMILES string of the molecule is Br.N.O=c1[nH]c2ccccc2cc1CCCCBr. The zero-order chi connectivity index (χ0) is 11.4. The van der Waals surface area contributed by atoms with E-state index in [1.165, 1.54) is 0 Å². The average molecular weight is 378 g/mol. The normalized spacial score (nSPS) is 9.61. The van der Waals surface area contributed by atoms with E-state index in [0.717, 1.165) is 41.1 Å². The smallest absolute Gasteiger partial charge is 0.251 e.